The lowest BCUT2D eigenvalue weighted by Crippen LogP contribution is -2.44. The van der Waals surface area contributed by atoms with Gasteiger partial charge in [0, 0.05) is 12.5 Å². The molecule has 0 aromatic heterocycles. The molecular weight excluding hydrogens is 229 g/mol. The predicted octanol–water partition coefficient (Wildman–Crippen LogP) is 2.79. The molecule has 1 saturated heterocycles. The quantitative estimate of drug-likeness (QED) is 0.782. The van der Waals surface area contributed by atoms with E-state index in [2.05, 4.69) is 17.1 Å². The van der Waals surface area contributed by atoms with Crippen molar-refractivity contribution in [2.24, 2.45) is 0 Å². The molecule has 0 amide bonds. The van der Waals surface area contributed by atoms with E-state index in [1.807, 2.05) is 0 Å². The van der Waals surface area contributed by atoms with Crippen LogP contribution in [0.2, 0.25) is 0 Å². The van der Waals surface area contributed by atoms with E-state index in [-0.39, 0.29) is 6.42 Å². The minimum atomic E-state index is -4.01. The molecular formula is C12H23F3N2. The van der Waals surface area contributed by atoms with E-state index in [9.17, 15) is 13.2 Å². The van der Waals surface area contributed by atoms with Gasteiger partial charge >= 0.3 is 6.18 Å². The van der Waals surface area contributed by atoms with Crippen LogP contribution in [0.3, 0.4) is 0 Å². The van der Waals surface area contributed by atoms with Crippen LogP contribution in [0.25, 0.3) is 0 Å². The van der Waals surface area contributed by atoms with Crippen LogP contribution in [-0.4, -0.2) is 43.3 Å². The summed E-state index contributed by atoms with van der Waals surface area (Å²) < 4.78 is 36.3. The van der Waals surface area contributed by atoms with E-state index in [1.165, 1.54) is 0 Å². The molecule has 0 spiro atoms. The summed E-state index contributed by atoms with van der Waals surface area (Å²) in [4.78, 5) is 2.24. The lowest BCUT2D eigenvalue weighted by atomic mass is 10.0. The van der Waals surface area contributed by atoms with Crippen molar-refractivity contribution in [2.45, 2.75) is 51.2 Å². The fourth-order valence-corrected chi connectivity index (χ4v) is 2.42. The summed E-state index contributed by atoms with van der Waals surface area (Å²) in [6.07, 6.45) is -1.30. The first-order valence-corrected chi connectivity index (χ1v) is 6.54. The van der Waals surface area contributed by atoms with Crippen LogP contribution in [-0.2, 0) is 0 Å². The van der Waals surface area contributed by atoms with Crippen LogP contribution in [0, 0.1) is 0 Å². The molecule has 1 N–H and O–H groups in total. The predicted molar refractivity (Wildman–Crippen MR) is 63.0 cm³/mol. The van der Waals surface area contributed by atoms with Crippen LogP contribution >= 0.6 is 0 Å². The van der Waals surface area contributed by atoms with Gasteiger partial charge in [-0.25, -0.2) is 0 Å². The molecule has 0 unspecified atom stereocenters. The second kappa shape index (κ2) is 7.21. The van der Waals surface area contributed by atoms with Gasteiger partial charge in [0.2, 0.25) is 0 Å². The highest BCUT2D eigenvalue weighted by Crippen LogP contribution is 2.22. The highest BCUT2D eigenvalue weighted by atomic mass is 19.4. The molecule has 1 heterocycles. The van der Waals surface area contributed by atoms with Gasteiger partial charge in [0.15, 0.2) is 0 Å². The monoisotopic (exact) mass is 252 g/mol. The zero-order valence-electron chi connectivity index (χ0n) is 10.5. The fourth-order valence-electron chi connectivity index (χ4n) is 2.42. The van der Waals surface area contributed by atoms with Crippen molar-refractivity contribution in [2.75, 3.05) is 26.2 Å². The molecule has 2 nitrogen and oxygen atoms in total. The number of hydrogen-bond acceptors (Lipinski definition) is 2. The van der Waals surface area contributed by atoms with Crippen molar-refractivity contribution < 1.29 is 13.2 Å². The highest BCUT2D eigenvalue weighted by Gasteiger charge is 2.27. The number of alkyl halides is 3. The van der Waals surface area contributed by atoms with Gasteiger partial charge in [-0.2, -0.15) is 13.2 Å². The van der Waals surface area contributed by atoms with Gasteiger partial charge in [-0.1, -0.05) is 6.92 Å². The maximum Gasteiger partial charge on any atom is 0.389 e. The SMILES string of the molecule is CCCN(CCCC(F)(F)F)C1CCNCC1. The summed E-state index contributed by atoms with van der Waals surface area (Å²) in [5, 5.41) is 3.29. The third-order valence-corrected chi connectivity index (χ3v) is 3.24. The smallest absolute Gasteiger partial charge is 0.317 e. The van der Waals surface area contributed by atoms with Crippen LogP contribution in [0.5, 0.6) is 0 Å². The number of halogens is 3. The summed E-state index contributed by atoms with van der Waals surface area (Å²) in [5.74, 6) is 0. The Morgan fingerprint density at radius 1 is 1.18 bits per heavy atom. The van der Waals surface area contributed by atoms with Crippen molar-refractivity contribution >= 4 is 0 Å². The van der Waals surface area contributed by atoms with E-state index in [0.717, 1.165) is 38.9 Å². The zero-order valence-corrected chi connectivity index (χ0v) is 10.5. The average Bonchev–Trinajstić information content (AvgIpc) is 2.27. The third-order valence-electron chi connectivity index (χ3n) is 3.24. The maximum atomic E-state index is 12.1. The Morgan fingerprint density at radius 3 is 2.35 bits per heavy atom. The lowest BCUT2D eigenvalue weighted by molar-refractivity contribution is -0.136. The molecule has 1 fully saturated rings. The number of hydrogen-bond donors (Lipinski definition) is 1. The third kappa shape index (κ3) is 6.27. The summed E-state index contributed by atoms with van der Waals surface area (Å²) >= 11 is 0. The minimum Gasteiger partial charge on any atom is -0.317 e. The van der Waals surface area contributed by atoms with E-state index >= 15 is 0 Å². The molecule has 0 radical (unpaired) electrons. The van der Waals surface area contributed by atoms with Crippen LogP contribution in [0.15, 0.2) is 0 Å². The Balaban J connectivity index is 2.31. The van der Waals surface area contributed by atoms with E-state index in [1.54, 1.807) is 0 Å². The first-order chi connectivity index (χ1) is 8.03. The first-order valence-electron chi connectivity index (χ1n) is 6.54. The standard InChI is InChI=1S/C12H23F3N2/c1-2-9-17(10-3-6-12(13,14)15)11-4-7-16-8-5-11/h11,16H,2-10H2,1H3. The Morgan fingerprint density at radius 2 is 1.82 bits per heavy atom. The molecule has 0 aliphatic carbocycles. The molecule has 0 aromatic rings. The van der Waals surface area contributed by atoms with Gasteiger partial charge < -0.3 is 10.2 Å². The van der Waals surface area contributed by atoms with Crippen LogP contribution in [0.4, 0.5) is 13.2 Å². The van der Waals surface area contributed by atoms with Crippen molar-refractivity contribution in [3.05, 3.63) is 0 Å². The fraction of sp³-hybridized carbons (Fsp3) is 1.00. The molecule has 0 bridgehead atoms. The summed E-state index contributed by atoms with van der Waals surface area (Å²) in [6.45, 7) is 5.56. The van der Waals surface area contributed by atoms with Crippen LogP contribution in [0.1, 0.15) is 39.0 Å². The van der Waals surface area contributed by atoms with Gasteiger partial charge in [-0.15, -0.1) is 0 Å². The van der Waals surface area contributed by atoms with Crippen molar-refractivity contribution in [3.8, 4) is 0 Å². The Kier molecular flexibility index (Phi) is 6.27. The van der Waals surface area contributed by atoms with E-state index in [4.69, 9.17) is 0 Å². The average molecular weight is 252 g/mol. The molecule has 0 aromatic carbocycles. The molecule has 1 aliphatic rings. The number of rotatable bonds is 6. The van der Waals surface area contributed by atoms with Gasteiger partial charge in [0.05, 0.1) is 0 Å². The normalized spacial score (nSPS) is 18.9. The van der Waals surface area contributed by atoms with E-state index < -0.39 is 12.6 Å². The largest absolute Gasteiger partial charge is 0.389 e. The Hall–Kier alpha value is -0.290. The lowest BCUT2D eigenvalue weighted by Gasteiger charge is -2.34. The molecule has 0 saturated carbocycles. The highest BCUT2D eigenvalue weighted by molar-refractivity contribution is 4.77. The molecule has 17 heavy (non-hydrogen) atoms. The maximum absolute atomic E-state index is 12.1. The summed E-state index contributed by atoms with van der Waals surface area (Å²) in [6, 6.07) is 0.476. The second-order valence-corrected chi connectivity index (χ2v) is 4.74. The Bertz CT molecular complexity index is 200. The van der Waals surface area contributed by atoms with Gasteiger partial charge in [0.25, 0.3) is 0 Å². The zero-order chi connectivity index (χ0) is 12.7. The van der Waals surface area contributed by atoms with Crippen molar-refractivity contribution in [1.82, 2.24) is 10.2 Å². The molecule has 1 rings (SSSR count). The van der Waals surface area contributed by atoms with Crippen molar-refractivity contribution in [3.63, 3.8) is 0 Å². The Labute approximate surface area is 102 Å². The van der Waals surface area contributed by atoms with Gasteiger partial charge in [-0.3, -0.25) is 0 Å². The van der Waals surface area contributed by atoms with Gasteiger partial charge in [0.1, 0.15) is 0 Å². The van der Waals surface area contributed by atoms with Crippen LogP contribution < -0.4 is 5.32 Å². The van der Waals surface area contributed by atoms with E-state index in [0.29, 0.717) is 12.6 Å². The second-order valence-electron chi connectivity index (χ2n) is 4.74. The minimum absolute atomic E-state index is 0.230. The number of nitrogens with zero attached hydrogens (tertiary/aromatic N) is 1. The molecule has 102 valence electrons. The molecule has 0 atom stereocenters. The first kappa shape index (κ1) is 14.8. The summed E-state index contributed by atoms with van der Waals surface area (Å²) in [5.41, 5.74) is 0. The molecule has 5 heteroatoms. The van der Waals surface area contributed by atoms with Crippen molar-refractivity contribution in [1.29, 1.82) is 0 Å². The topological polar surface area (TPSA) is 15.3 Å². The summed E-state index contributed by atoms with van der Waals surface area (Å²) in [7, 11) is 0. The number of piperidine rings is 1. The number of nitrogens with one attached hydrogen (secondary N) is 1. The van der Waals surface area contributed by atoms with Gasteiger partial charge in [-0.05, 0) is 51.9 Å². The molecule has 1 aliphatic heterocycles.